The first-order chi connectivity index (χ1) is 10.4. The molecule has 0 fully saturated rings. The summed E-state index contributed by atoms with van der Waals surface area (Å²) in [4.78, 5) is 23.9. The van der Waals surface area contributed by atoms with Crippen LogP contribution in [0.3, 0.4) is 0 Å². The van der Waals surface area contributed by atoms with Crippen LogP contribution in [0.25, 0.3) is 0 Å². The third-order valence-corrected chi connectivity index (χ3v) is 3.50. The van der Waals surface area contributed by atoms with E-state index in [-0.39, 0.29) is 24.5 Å². The first kappa shape index (κ1) is 16.2. The number of carbonyl (C=O) groups is 2. The topological polar surface area (TPSA) is 46.2 Å². The number of nitrogens with one attached hydrogen (secondary N) is 1. The van der Waals surface area contributed by atoms with Gasteiger partial charge in [0, 0.05) is 29.1 Å². The van der Waals surface area contributed by atoms with Gasteiger partial charge in [-0.15, -0.1) is 0 Å². The first-order valence-corrected chi connectivity index (χ1v) is 7.49. The standard InChI is InChI=1S/C18H18ClNO2/c1-12-9-13(2)11-16(10-12)20-18(22)8-7-17(21)14-3-5-15(19)6-4-14/h3-6,9-11H,7-8H2,1-2H3,(H,20,22). The second-order valence-corrected chi connectivity index (χ2v) is 5.79. The van der Waals surface area contributed by atoms with Gasteiger partial charge in [-0.3, -0.25) is 9.59 Å². The summed E-state index contributed by atoms with van der Waals surface area (Å²) in [6.45, 7) is 3.96. The lowest BCUT2D eigenvalue weighted by Crippen LogP contribution is -2.13. The largest absolute Gasteiger partial charge is 0.326 e. The SMILES string of the molecule is Cc1cc(C)cc(NC(=O)CCC(=O)c2ccc(Cl)cc2)c1. The Kier molecular flexibility index (Phi) is 5.34. The van der Waals surface area contributed by atoms with Gasteiger partial charge in [0.15, 0.2) is 5.78 Å². The molecule has 22 heavy (non-hydrogen) atoms. The van der Waals surface area contributed by atoms with Crippen molar-refractivity contribution in [1.82, 2.24) is 0 Å². The van der Waals surface area contributed by atoms with Crippen molar-refractivity contribution in [3.05, 3.63) is 64.2 Å². The number of halogens is 1. The van der Waals surface area contributed by atoms with Crippen molar-refractivity contribution in [1.29, 1.82) is 0 Å². The van der Waals surface area contributed by atoms with Crippen molar-refractivity contribution in [3.8, 4) is 0 Å². The van der Waals surface area contributed by atoms with Crippen LogP contribution in [0, 0.1) is 13.8 Å². The zero-order chi connectivity index (χ0) is 16.1. The molecule has 0 heterocycles. The normalized spacial score (nSPS) is 10.3. The Labute approximate surface area is 135 Å². The minimum absolute atomic E-state index is 0.0627. The molecule has 1 amide bonds. The summed E-state index contributed by atoms with van der Waals surface area (Å²) < 4.78 is 0. The highest BCUT2D eigenvalue weighted by Gasteiger charge is 2.10. The summed E-state index contributed by atoms with van der Waals surface area (Å²) in [6, 6.07) is 12.5. The molecule has 114 valence electrons. The molecule has 0 bridgehead atoms. The Bertz CT molecular complexity index is 672. The Hall–Kier alpha value is -2.13. The van der Waals surface area contributed by atoms with Gasteiger partial charge in [0.05, 0.1) is 0 Å². The lowest BCUT2D eigenvalue weighted by molar-refractivity contribution is -0.116. The lowest BCUT2D eigenvalue weighted by atomic mass is 10.1. The molecule has 3 nitrogen and oxygen atoms in total. The zero-order valence-corrected chi connectivity index (χ0v) is 13.4. The fourth-order valence-electron chi connectivity index (χ4n) is 2.28. The van der Waals surface area contributed by atoms with E-state index in [4.69, 9.17) is 11.6 Å². The van der Waals surface area contributed by atoms with Gasteiger partial charge < -0.3 is 5.32 Å². The Morgan fingerprint density at radius 3 is 2.14 bits per heavy atom. The van der Waals surface area contributed by atoms with Crippen LogP contribution in [0.15, 0.2) is 42.5 Å². The molecule has 0 aromatic heterocycles. The van der Waals surface area contributed by atoms with E-state index in [9.17, 15) is 9.59 Å². The second kappa shape index (κ2) is 7.23. The van der Waals surface area contributed by atoms with Crippen molar-refractivity contribution in [2.75, 3.05) is 5.32 Å². The second-order valence-electron chi connectivity index (χ2n) is 5.35. The average Bonchev–Trinajstić information content (AvgIpc) is 2.44. The number of amides is 1. The predicted molar refractivity (Wildman–Crippen MR) is 89.6 cm³/mol. The van der Waals surface area contributed by atoms with Crippen LogP contribution in [-0.4, -0.2) is 11.7 Å². The number of hydrogen-bond donors (Lipinski definition) is 1. The van der Waals surface area contributed by atoms with E-state index in [0.29, 0.717) is 10.6 Å². The number of anilines is 1. The molecule has 0 aliphatic heterocycles. The fourth-order valence-corrected chi connectivity index (χ4v) is 2.40. The maximum Gasteiger partial charge on any atom is 0.224 e. The van der Waals surface area contributed by atoms with Crippen molar-refractivity contribution >= 4 is 29.0 Å². The van der Waals surface area contributed by atoms with Crippen LogP contribution >= 0.6 is 11.6 Å². The lowest BCUT2D eigenvalue weighted by Gasteiger charge is -2.07. The van der Waals surface area contributed by atoms with E-state index < -0.39 is 0 Å². The molecule has 2 rings (SSSR count). The van der Waals surface area contributed by atoms with Crippen LogP contribution in [0.5, 0.6) is 0 Å². The van der Waals surface area contributed by atoms with Gasteiger partial charge in [-0.05, 0) is 61.4 Å². The molecule has 0 saturated heterocycles. The monoisotopic (exact) mass is 315 g/mol. The maximum atomic E-state index is 12.0. The first-order valence-electron chi connectivity index (χ1n) is 7.11. The van der Waals surface area contributed by atoms with Crippen LogP contribution < -0.4 is 5.32 Å². The number of aryl methyl sites for hydroxylation is 2. The van der Waals surface area contributed by atoms with Crippen LogP contribution in [0.4, 0.5) is 5.69 Å². The summed E-state index contributed by atoms with van der Waals surface area (Å²) in [5, 5.41) is 3.41. The zero-order valence-electron chi connectivity index (χ0n) is 12.7. The fraction of sp³-hybridized carbons (Fsp3) is 0.222. The van der Waals surface area contributed by atoms with Crippen molar-refractivity contribution in [3.63, 3.8) is 0 Å². The molecule has 2 aromatic rings. The number of carbonyl (C=O) groups excluding carboxylic acids is 2. The van der Waals surface area contributed by atoms with Crippen molar-refractivity contribution < 1.29 is 9.59 Å². The van der Waals surface area contributed by atoms with Gasteiger partial charge in [-0.2, -0.15) is 0 Å². The molecule has 0 spiro atoms. The molecule has 0 atom stereocenters. The van der Waals surface area contributed by atoms with Gasteiger partial charge in [0.1, 0.15) is 0 Å². The quantitative estimate of drug-likeness (QED) is 0.822. The molecule has 4 heteroatoms. The number of benzene rings is 2. The minimum atomic E-state index is -0.160. The highest BCUT2D eigenvalue weighted by Crippen LogP contribution is 2.15. The third-order valence-electron chi connectivity index (χ3n) is 3.25. The third kappa shape index (κ3) is 4.71. The molecule has 0 radical (unpaired) electrons. The van der Waals surface area contributed by atoms with Gasteiger partial charge in [-0.1, -0.05) is 17.7 Å². The summed E-state index contributed by atoms with van der Waals surface area (Å²) in [5.41, 5.74) is 3.52. The van der Waals surface area contributed by atoms with Crippen molar-refractivity contribution in [2.45, 2.75) is 26.7 Å². The summed E-state index contributed by atoms with van der Waals surface area (Å²) >= 11 is 5.78. The molecule has 1 N–H and O–H groups in total. The van der Waals surface area contributed by atoms with Crippen LogP contribution in [-0.2, 0) is 4.79 Å². The van der Waals surface area contributed by atoms with Crippen LogP contribution in [0.1, 0.15) is 34.3 Å². The van der Waals surface area contributed by atoms with E-state index in [2.05, 4.69) is 5.32 Å². The van der Waals surface area contributed by atoms with Crippen LogP contribution in [0.2, 0.25) is 5.02 Å². The molecular weight excluding hydrogens is 298 g/mol. The molecule has 2 aromatic carbocycles. The molecule has 0 aliphatic rings. The maximum absolute atomic E-state index is 12.0. The van der Waals surface area contributed by atoms with E-state index in [1.807, 2.05) is 32.0 Å². The number of ketones is 1. The molecule has 0 saturated carbocycles. The molecule has 0 aliphatic carbocycles. The van der Waals surface area contributed by atoms with Gasteiger partial charge in [0.2, 0.25) is 5.91 Å². The van der Waals surface area contributed by atoms with E-state index in [0.717, 1.165) is 16.8 Å². The van der Waals surface area contributed by atoms with E-state index >= 15 is 0 Å². The highest BCUT2D eigenvalue weighted by molar-refractivity contribution is 6.30. The van der Waals surface area contributed by atoms with Gasteiger partial charge in [0.25, 0.3) is 0 Å². The number of Topliss-reactive ketones (excluding diaryl/α,β-unsaturated/α-hetero) is 1. The summed E-state index contributed by atoms with van der Waals surface area (Å²) in [5.74, 6) is -0.223. The summed E-state index contributed by atoms with van der Waals surface area (Å²) in [7, 11) is 0. The Balaban J connectivity index is 1.89. The van der Waals surface area contributed by atoms with Gasteiger partial charge in [-0.25, -0.2) is 0 Å². The molecular formula is C18H18ClNO2. The number of hydrogen-bond acceptors (Lipinski definition) is 2. The Morgan fingerprint density at radius 2 is 1.55 bits per heavy atom. The Morgan fingerprint density at radius 1 is 0.955 bits per heavy atom. The smallest absolute Gasteiger partial charge is 0.224 e. The minimum Gasteiger partial charge on any atom is -0.326 e. The summed E-state index contributed by atoms with van der Waals surface area (Å²) in [6.07, 6.45) is 0.340. The predicted octanol–water partition coefficient (Wildman–Crippen LogP) is 4.56. The number of rotatable bonds is 5. The average molecular weight is 316 g/mol. The highest BCUT2D eigenvalue weighted by atomic mass is 35.5. The van der Waals surface area contributed by atoms with E-state index in [1.165, 1.54) is 0 Å². The van der Waals surface area contributed by atoms with Gasteiger partial charge >= 0.3 is 0 Å². The molecule has 0 unspecified atom stereocenters. The van der Waals surface area contributed by atoms with E-state index in [1.54, 1.807) is 24.3 Å². The van der Waals surface area contributed by atoms with Crippen molar-refractivity contribution in [2.24, 2.45) is 0 Å².